The van der Waals surface area contributed by atoms with Gasteiger partial charge in [-0.2, -0.15) is 5.26 Å². The van der Waals surface area contributed by atoms with Crippen LogP contribution in [0.25, 0.3) is 6.08 Å². The third-order valence-electron chi connectivity index (χ3n) is 3.66. The van der Waals surface area contributed by atoms with Gasteiger partial charge in [0.2, 0.25) is 0 Å². The van der Waals surface area contributed by atoms with Crippen molar-refractivity contribution >= 4 is 34.3 Å². The number of hydrogen-bond acceptors (Lipinski definition) is 7. The largest absolute Gasteiger partial charge is 0.486 e. The lowest BCUT2D eigenvalue weighted by atomic mass is 10.2. The van der Waals surface area contributed by atoms with Gasteiger partial charge in [0.25, 0.3) is 5.91 Å². The molecule has 27 heavy (non-hydrogen) atoms. The van der Waals surface area contributed by atoms with Crippen LogP contribution in [-0.2, 0) is 14.3 Å². The summed E-state index contributed by atoms with van der Waals surface area (Å²) in [4.78, 5) is 24.1. The second-order valence-corrected chi connectivity index (χ2v) is 6.50. The molecule has 0 saturated heterocycles. The number of benzene rings is 1. The summed E-state index contributed by atoms with van der Waals surface area (Å²) in [6.07, 6.45) is 1.80. The maximum Gasteiger partial charge on any atom is 0.331 e. The average molecular weight is 384 g/mol. The summed E-state index contributed by atoms with van der Waals surface area (Å²) < 4.78 is 16.0. The van der Waals surface area contributed by atoms with E-state index in [2.05, 4.69) is 5.32 Å². The van der Waals surface area contributed by atoms with Crippen LogP contribution in [0.15, 0.2) is 35.7 Å². The first-order valence-electron chi connectivity index (χ1n) is 8.13. The molecule has 1 N–H and O–H groups in total. The molecular weight excluding hydrogens is 368 g/mol. The number of amides is 1. The van der Waals surface area contributed by atoms with Gasteiger partial charge in [-0.15, -0.1) is 11.3 Å². The molecule has 0 radical (unpaired) electrons. The van der Waals surface area contributed by atoms with Gasteiger partial charge in [0, 0.05) is 6.08 Å². The molecule has 0 aliphatic carbocycles. The fourth-order valence-corrected chi connectivity index (χ4v) is 3.04. The Labute approximate surface area is 159 Å². The van der Waals surface area contributed by atoms with Crippen molar-refractivity contribution in [1.29, 1.82) is 5.26 Å². The van der Waals surface area contributed by atoms with Crippen LogP contribution < -0.4 is 14.8 Å². The van der Waals surface area contributed by atoms with Crippen molar-refractivity contribution in [1.82, 2.24) is 0 Å². The molecule has 0 fully saturated rings. The molecule has 0 unspecified atom stereocenters. The first-order valence-corrected chi connectivity index (χ1v) is 9.01. The van der Waals surface area contributed by atoms with E-state index in [0.29, 0.717) is 35.3 Å². The molecule has 3 rings (SSSR count). The lowest BCUT2D eigenvalue weighted by molar-refractivity contribution is -0.148. The van der Waals surface area contributed by atoms with Gasteiger partial charge in [0.05, 0.1) is 5.56 Å². The fourth-order valence-electron chi connectivity index (χ4n) is 2.30. The van der Waals surface area contributed by atoms with Crippen LogP contribution in [0.2, 0.25) is 0 Å². The van der Waals surface area contributed by atoms with Gasteiger partial charge in [0.15, 0.2) is 17.6 Å². The molecule has 1 aromatic heterocycles. The number of nitrogens with zero attached hydrogens (tertiary/aromatic N) is 1. The van der Waals surface area contributed by atoms with Gasteiger partial charge in [0.1, 0.15) is 24.3 Å². The van der Waals surface area contributed by atoms with E-state index in [4.69, 9.17) is 19.5 Å². The van der Waals surface area contributed by atoms with E-state index in [1.54, 1.807) is 35.7 Å². The van der Waals surface area contributed by atoms with E-state index >= 15 is 0 Å². The molecule has 2 aromatic rings. The molecule has 8 heteroatoms. The number of nitrogens with one attached hydrogen (secondary N) is 1. The monoisotopic (exact) mass is 384 g/mol. The highest BCUT2D eigenvalue weighted by molar-refractivity contribution is 7.14. The van der Waals surface area contributed by atoms with Crippen LogP contribution in [-0.4, -0.2) is 31.2 Å². The van der Waals surface area contributed by atoms with Gasteiger partial charge in [-0.25, -0.2) is 4.79 Å². The normalized spacial score (nSPS) is 13.6. The van der Waals surface area contributed by atoms with Crippen molar-refractivity contribution in [2.75, 3.05) is 18.5 Å². The summed E-state index contributed by atoms with van der Waals surface area (Å²) in [6.45, 7) is 2.45. The molecule has 138 valence electrons. The van der Waals surface area contributed by atoms with Crippen LogP contribution in [0.1, 0.15) is 18.1 Å². The maximum absolute atomic E-state index is 12.1. The van der Waals surface area contributed by atoms with Gasteiger partial charge < -0.3 is 19.5 Å². The highest BCUT2D eigenvalue weighted by atomic mass is 32.1. The Balaban J connectivity index is 1.56. The molecule has 0 spiro atoms. The second-order valence-electron chi connectivity index (χ2n) is 5.58. The van der Waals surface area contributed by atoms with Crippen LogP contribution in [0.3, 0.4) is 0 Å². The molecule has 1 aliphatic heterocycles. The number of anilines is 1. The number of nitriles is 1. The van der Waals surface area contributed by atoms with Crippen molar-refractivity contribution in [2.45, 2.75) is 13.0 Å². The highest BCUT2D eigenvalue weighted by Gasteiger charge is 2.18. The number of fused-ring (bicyclic) bond motifs is 1. The minimum Gasteiger partial charge on any atom is -0.486 e. The van der Waals surface area contributed by atoms with E-state index in [9.17, 15) is 9.59 Å². The molecule has 1 aromatic carbocycles. The Morgan fingerprint density at radius 2 is 2.07 bits per heavy atom. The maximum atomic E-state index is 12.1. The summed E-state index contributed by atoms with van der Waals surface area (Å²) in [6, 6.07) is 8.89. The van der Waals surface area contributed by atoms with Crippen LogP contribution in [0, 0.1) is 11.3 Å². The van der Waals surface area contributed by atoms with Gasteiger partial charge in [-0.05, 0) is 42.1 Å². The minimum atomic E-state index is -1.00. The molecule has 0 bridgehead atoms. The molecule has 1 amide bonds. The van der Waals surface area contributed by atoms with Gasteiger partial charge in [-0.1, -0.05) is 6.07 Å². The van der Waals surface area contributed by atoms with Crippen molar-refractivity contribution < 1.29 is 23.8 Å². The van der Waals surface area contributed by atoms with E-state index in [0.717, 1.165) is 5.56 Å². The first-order chi connectivity index (χ1) is 13.1. The first kappa shape index (κ1) is 18.5. The summed E-state index contributed by atoms with van der Waals surface area (Å²) in [5, 5.41) is 13.7. The smallest absolute Gasteiger partial charge is 0.331 e. The molecular formula is C19H16N2O5S. The number of esters is 1. The van der Waals surface area contributed by atoms with Crippen molar-refractivity contribution in [2.24, 2.45) is 0 Å². The topological polar surface area (TPSA) is 97.7 Å². The van der Waals surface area contributed by atoms with E-state index in [1.807, 2.05) is 6.07 Å². The Morgan fingerprint density at radius 1 is 1.30 bits per heavy atom. The molecule has 0 saturated carbocycles. The molecule has 2 heterocycles. The van der Waals surface area contributed by atoms with Crippen LogP contribution >= 0.6 is 11.3 Å². The lowest BCUT2D eigenvalue weighted by Gasteiger charge is -2.18. The zero-order valence-corrected chi connectivity index (χ0v) is 15.2. The zero-order valence-electron chi connectivity index (χ0n) is 14.4. The van der Waals surface area contributed by atoms with E-state index < -0.39 is 18.0 Å². The summed E-state index contributed by atoms with van der Waals surface area (Å²) in [5.41, 5.74) is 1.11. The van der Waals surface area contributed by atoms with Gasteiger partial charge >= 0.3 is 5.97 Å². The third kappa shape index (κ3) is 4.65. The Morgan fingerprint density at radius 3 is 2.85 bits per heavy atom. The summed E-state index contributed by atoms with van der Waals surface area (Å²) in [5.74, 6) is 0.125. The van der Waals surface area contributed by atoms with Crippen molar-refractivity contribution in [3.8, 4) is 17.6 Å². The molecule has 7 nitrogen and oxygen atoms in total. The number of carbonyl (C=O) groups is 2. The molecule has 1 aliphatic rings. The quantitative estimate of drug-likeness (QED) is 0.629. The number of carbonyl (C=O) groups excluding carboxylic acids is 2. The Kier molecular flexibility index (Phi) is 5.74. The minimum absolute atomic E-state index is 0.366. The third-order valence-corrected chi connectivity index (χ3v) is 4.49. The van der Waals surface area contributed by atoms with E-state index in [-0.39, 0.29) is 0 Å². The molecule has 1 atom stereocenters. The van der Waals surface area contributed by atoms with Crippen LogP contribution in [0.4, 0.5) is 5.00 Å². The predicted octanol–water partition coefficient (Wildman–Crippen LogP) is 2.97. The second kappa shape index (κ2) is 8.38. The average Bonchev–Trinajstić information content (AvgIpc) is 3.13. The lowest BCUT2D eigenvalue weighted by Crippen LogP contribution is -2.29. The number of rotatable bonds is 5. The van der Waals surface area contributed by atoms with Gasteiger partial charge in [-0.3, -0.25) is 4.79 Å². The van der Waals surface area contributed by atoms with Crippen molar-refractivity contribution in [3.63, 3.8) is 0 Å². The summed E-state index contributed by atoms with van der Waals surface area (Å²) >= 11 is 1.23. The standard InChI is InChI=1S/C19H16N2O5S/c1-12(18(23)21-19-14(11-20)6-9-27-19)26-17(22)5-3-13-2-4-15-16(10-13)25-8-7-24-15/h2-6,9-10,12H,7-8H2,1H3,(H,21,23)/b5-3+/t12-/m1/s1. The predicted molar refractivity (Wildman–Crippen MR) is 99.7 cm³/mol. The Bertz CT molecular complexity index is 928. The summed E-state index contributed by atoms with van der Waals surface area (Å²) in [7, 11) is 0. The van der Waals surface area contributed by atoms with Crippen LogP contribution in [0.5, 0.6) is 11.5 Å². The van der Waals surface area contributed by atoms with E-state index in [1.165, 1.54) is 24.3 Å². The fraction of sp³-hybridized carbons (Fsp3) is 0.211. The highest BCUT2D eigenvalue weighted by Crippen LogP contribution is 2.31. The number of ether oxygens (including phenoxy) is 3. The number of thiophene rings is 1. The number of hydrogen-bond donors (Lipinski definition) is 1. The van der Waals surface area contributed by atoms with Crippen molar-refractivity contribution in [3.05, 3.63) is 46.8 Å². The zero-order chi connectivity index (χ0) is 19.2. The Hall–Kier alpha value is -3.31. The SMILES string of the molecule is C[C@@H](OC(=O)/C=C/c1ccc2c(c1)OCCO2)C(=O)Nc1sccc1C#N.